The Balaban J connectivity index is 1.73. The summed E-state index contributed by atoms with van der Waals surface area (Å²) >= 11 is 0. The minimum atomic E-state index is 0.0814. The van der Waals surface area contributed by atoms with Gasteiger partial charge in [0, 0.05) is 29.6 Å². The molecule has 0 amide bonds. The highest BCUT2D eigenvalue weighted by Gasteiger charge is 2.44. The van der Waals surface area contributed by atoms with Crippen LogP contribution in [0.5, 0.6) is 0 Å². The first kappa shape index (κ1) is 16.6. The van der Waals surface area contributed by atoms with Crippen molar-refractivity contribution in [2.45, 2.75) is 37.5 Å². The zero-order chi connectivity index (χ0) is 18.5. The smallest absolute Gasteiger partial charge is 0.0449 e. The molecule has 3 aromatic carbocycles. The van der Waals surface area contributed by atoms with Crippen molar-refractivity contribution in [1.82, 2.24) is 0 Å². The van der Waals surface area contributed by atoms with Gasteiger partial charge in [0.15, 0.2) is 0 Å². The molecule has 27 heavy (non-hydrogen) atoms. The van der Waals surface area contributed by atoms with Crippen molar-refractivity contribution in [1.29, 1.82) is 0 Å². The lowest BCUT2D eigenvalue weighted by molar-refractivity contribution is 0.432. The molecule has 5 rings (SSSR count). The van der Waals surface area contributed by atoms with Crippen LogP contribution in [-0.4, -0.2) is 13.1 Å². The van der Waals surface area contributed by atoms with Crippen molar-refractivity contribution < 1.29 is 0 Å². The number of hydrogen-bond acceptors (Lipinski definition) is 1. The normalized spacial score (nSPS) is 26.5. The molecule has 0 fully saturated rings. The van der Waals surface area contributed by atoms with Gasteiger partial charge in [0.25, 0.3) is 0 Å². The van der Waals surface area contributed by atoms with E-state index in [1.807, 2.05) is 0 Å². The Morgan fingerprint density at radius 3 is 1.48 bits per heavy atom. The second kappa shape index (κ2) is 5.99. The van der Waals surface area contributed by atoms with E-state index in [9.17, 15) is 0 Å². The quantitative estimate of drug-likeness (QED) is 0.553. The second-order valence-corrected chi connectivity index (χ2v) is 8.59. The molecule has 0 bridgehead atoms. The number of anilines is 1. The maximum absolute atomic E-state index is 2.64. The zero-order valence-corrected chi connectivity index (χ0v) is 16.3. The summed E-state index contributed by atoms with van der Waals surface area (Å²) in [4.78, 5) is 2.64. The molecule has 2 atom stereocenters. The van der Waals surface area contributed by atoms with Crippen molar-refractivity contribution in [3.63, 3.8) is 0 Å². The van der Waals surface area contributed by atoms with Crippen LogP contribution in [0.3, 0.4) is 0 Å². The van der Waals surface area contributed by atoms with Crippen molar-refractivity contribution in [3.05, 3.63) is 101 Å². The molecule has 0 unspecified atom stereocenters. The van der Waals surface area contributed by atoms with Gasteiger partial charge < -0.3 is 4.90 Å². The van der Waals surface area contributed by atoms with Gasteiger partial charge in [0.1, 0.15) is 0 Å². The van der Waals surface area contributed by atoms with Crippen molar-refractivity contribution in [2.24, 2.45) is 0 Å². The molecule has 0 radical (unpaired) electrons. The molecule has 0 N–H and O–H groups in total. The maximum atomic E-state index is 2.64. The van der Waals surface area contributed by atoms with Crippen LogP contribution in [-0.2, 0) is 10.8 Å². The van der Waals surface area contributed by atoms with E-state index in [2.05, 4.69) is 97.6 Å². The summed E-state index contributed by atoms with van der Waals surface area (Å²) in [6, 6.07) is 29.2. The molecule has 1 nitrogen and oxygen atoms in total. The van der Waals surface area contributed by atoms with Gasteiger partial charge in [-0.05, 0) is 35.1 Å². The van der Waals surface area contributed by atoms with Crippen molar-refractivity contribution in [3.8, 4) is 0 Å². The van der Waals surface area contributed by atoms with Crippen LogP contribution >= 0.6 is 0 Å². The first-order valence-corrected chi connectivity index (χ1v) is 10.1. The Bertz CT molecular complexity index is 886. The third-order valence-electron chi connectivity index (χ3n) is 7.13. The highest BCUT2D eigenvalue weighted by Crippen LogP contribution is 2.52. The molecule has 136 valence electrons. The van der Waals surface area contributed by atoms with E-state index in [0.717, 1.165) is 13.1 Å². The molecule has 0 aromatic heterocycles. The van der Waals surface area contributed by atoms with E-state index in [1.54, 1.807) is 0 Å². The lowest BCUT2D eigenvalue weighted by Gasteiger charge is -2.50. The molecule has 0 spiro atoms. The fourth-order valence-electron chi connectivity index (χ4n) is 5.31. The van der Waals surface area contributed by atoms with Gasteiger partial charge >= 0.3 is 0 Å². The fourth-order valence-corrected chi connectivity index (χ4v) is 5.31. The molecule has 2 aliphatic heterocycles. The van der Waals surface area contributed by atoms with Crippen LogP contribution in [0.1, 0.15) is 48.9 Å². The van der Waals surface area contributed by atoms with E-state index in [1.165, 1.54) is 40.8 Å². The summed E-state index contributed by atoms with van der Waals surface area (Å²) < 4.78 is 0. The number of para-hydroxylation sites is 1. The van der Waals surface area contributed by atoms with Gasteiger partial charge in [-0.3, -0.25) is 0 Å². The molecule has 2 heterocycles. The van der Waals surface area contributed by atoms with Crippen LogP contribution in [0, 0.1) is 0 Å². The lowest BCUT2D eigenvalue weighted by Crippen LogP contribution is -2.46. The molecule has 2 aliphatic rings. The summed E-state index contributed by atoms with van der Waals surface area (Å²) in [6.45, 7) is 7.15. The average molecular weight is 354 g/mol. The summed E-state index contributed by atoms with van der Waals surface area (Å²) in [6.07, 6.45) is 2.35. The summed E-state index contributed by atoms with van der Waals surface area (Å²) in [5.74, 6) is 0. The largest absolute Gasteiger partial charge is 0.371 e. The van der Waals surface area contributed by atoms with E-state index >= 15 is 0 Å². The van der Waals surface area contributed by atoms with E-state index < -0.39 is 0 Å². The predicted molar refractivity (Wildman–Crippen MR) is 114 cm³/mol. The first-order valence-electron chi connectivity index (χ1n) is 10.1. The Labute approximate surface area is 162 Å². The predicted octanol–water partition coefficient (Wildman–Crippen LogP) is 5.91. The van der Waals surface area contributed by atoms with Gasteiger partial charge in [0.05, 0.1) is 0 Å². The van der Waals surface area contributed by atoms with E-state index in [-0.39, 0.29) is 10.8 Å². The van der Waals surface area contributed by atoms with Crippen molar-refractivity contribution in [2.75, 3.05) is 18.0 Å². The summed E-state index contributed by atoms with van der Waals surface area (Å²) in [5.41, 5.74) is 7.53. The molecule has 0 aliphatic carbocycles. The van der Waals surface area contributed by atoms with Gasteiger partial charge in [-0.15, -0.1) is 0 Å². The SMILES string of the molecule is C[C@@]1(c2ccccc2)CCN2CC[C@@](C)(c3ccccc3)c3cccc1c32. The lowest BCUT2D eigenvalue weighted by atomic mass is 9.64. The number of hydrogen-bond donors (Lipinski definition) is 0. The number of benzene rings is 3. The molecule has 3 aromatic rings. The Kier molecular flexibility index (Phi) is 3.69. The summed E-state index contributed by atoms with van der Waals surface area (Å²) in [5, 5.41) is 0. The van der Waals surface area contributed by atoms with E-state index in [0.29, 0.717) is 0 Å². The maximum Gasteiger partial charge on any atom is 0.0449 e. The van der Waals surface area contributed by atoms with Gasteiger partial charge in [0.2, 0.25) is 0 Å². The molecule has 0 saturated heterocycles. The van der Waals surface area contributed by atoms with Crippen LogP contribution in [0.25, 0.3) is 0 Å². The standard InChI is InChI=1S/C26H27N/c1-25(20-10-5-3-6-11-20)16-18-27-19-17-26(2,21-12-7-4-8-13-21)23-15-9-14-22(25)24(23)27/h3-15H,16-19H2,1-2H3/t25-,26-/m0/s1. The minimum absolute atomic E-state index is 0.0814. The third-order valence-corrected chi connectivity index (χ3v) is 7.13. The van der Waals surface area contributed by atoms with Crippen LogP contribution in [0.4, 0.5) is 5.69 Å². The molecule has 0 saturated carbocycles. The Hall–Kier alpha value is -2.54. The highest BCUT2D eigenvalue weighted by molar-refractivity contribution is 5.71. The van der Waals surface area contributed by atoms with Crippen LogP contribution in [0.15, 0.2) is 78.9 Å². The first-order chi connectivity index (χ1) is 13.1. The molecular weight excluding hydrogens is 326 g/mol. The van der Waals surface area contributed by atoms with Crippen LogP contribution in [0.2, 0.25) is 0 Å². The third kappa shape index (κ3) is 2.37. The zero-order valence-electron chi connectivity index (χ0n) is 16.3. The van der Waals surface area contributed by atoms with Gasteiger partial charge in [-0.25, -0.2) is 0 Å². The molecular formula is C26H27N. The number of nitrogens with zero attached hydrogens (tertiary/aromatic N) is 1. The average Bonchev–Trinajstić information content (AvgIpc) is 2.74. The van der Waals surface area contributed by atoms with Gasteiger partial charge in [-0.1, -0.05) is 92.7 Å². The minimum Gasteiger partial charge on any atom is -0.371 e. The van der Waals surface area contributed by atoms with E-state index in [4.69, 9.17) is 0 Å². The van der Waals surface area contributed by atoms with Crippen LogP contribution < -0.4 is 4.90 Å². The van der Waals surface area contributed by atoms with Crippen molar-refractivity contribution >= 4 is 5.69 Å². The summed E-state index contributed by atoms with van der Waals surface area (Å²) in [7, 11) is 0. The monoisotopic (exact) mass is 353 g/mol. The molecule has 1 heteroatoms. The second-order valence-electron chi connectivity index (χ2n) is 8.59. The Morgan fingerprint density at radius 2 is 1.04 bits per heavy atom. The van der Waals surface area contributed by atoms with Gasteiger partial charge in [-0.2, -0.15) is 0 Å². The fraction of sp³-hybridized carbons (Fsp3) is 0.308. The Morgan fingerprint density at radius 1 is 0.593 bits per heavy atom. The number of rotatable bonds is 2. The topological polar surface area (TPSA) is 3.24 Å². The highest BCUT2D eigenvalue weighted by atomic mass is 15.2.